The van der Waals surface area contributed by atoms with Gasteiger partial charge in [-0.1, -0.05) is 6.07 Å². The normalized spacial score (nSPS) is 16.9. The lowest BCUT2D eigenvalue weighted by Gasteiger charge is -2.30. The summed E-state index contributed by atoms with van der Waals surface area (Å²) in [5.74, 6) is 4.17. The highest BCUT2D eigenvalue weighted by Crippen LogP contribution is 2.44. The van der Waals surface area contributed by atoms with E-state index in [0.717, 1.165) is 33.9 Å². The molecule has 3 aliphatic rings. The van der Waals surface area contributed by atoms with Gasteiger partial charge in [-0.2, -0.15) is 0 Å². The molecule has 0 bridgehead atoms. The molecule has 0 fully saturated rings. The lowest BCUT2D eigenvalue weighted by molar-refractivity contribution is 0.0876. The molecule has 0 aliphatic carbocycles. The first-order valence-corrected chi connectivity index (χ1v) is 11.6. The van der Waals surface area contributed by atoms with Gasteiger partial charge >= 0.3 is 0 Å². The van der Waals surface area contributed by atoms with Gasteiger partial charge in [0.1, 0.15) is 29.7 Å². The van der Waals surface area contributed by atoms with Gasteiger partial charge in [0.05, 0.1) is 19.8 Å². The van der Waals surface area contributed by atoms with E-state index in [1.807, 2.05) is 31.2 Å². The topological polar surface area (TPSA) is 75.7 Å². The van der Waals surface area contributed by atoms with E-state index >= 15 is 0 Å². The van der Waals surface area contributed by atoms with Gasteiger partial charge < -0.3 is 28.4 Å². The second-order valence-electron chi connectivity index (χ2n) is 8.86. The van der Waals surface area contributed by atoms with Crippen molar-refractivity contribution in [3.63, 3.8) is 0 Å². The Hall–Kier alpha value is -4.17. The molecule has 0 saturated carbocycles. The van der Waals surface area contributed by atoms with Gasteiger partial charge in [-0.3, -0.25) is 9.69 Å². The fraction of sp³-hybridized carbons (Fsp3) is 0.250. The predicted molar refractivity (Wildman–Crippen MR) is 131 cm³/mol. The molecule has 3 aliphatic heterocycles. The molecule has 3 aromatic carbocycles. The second kappa shape index (κ2) is 8.80. The summed E-state index contributed by atoms with van der Waals surface area (Å²) >= 11 is 0. The number of hydrogen-bond acceptors (Lipinski definition) is 8. The first kappa shape index (κ1) is 22.3. The molecule has 3 aromatic rings. The summed E-state index contributed by atoms with van der Waals surface area (Å²) in [4.78, 5) is 15.5. The minimum atomic E-state index is -0.173. The van der Waals surface area contributed by atoms with Crippen molar-refractivity contribution in [1.29, 1.82) is 0 Å². The van der Waals surface area contributed by atoms with Gasteiger partial charge in [0.25, 0.3) is 0 Å². The number of benzene rings is 3. The number of nitrogens with zero attached hydrogens (tertiary/aromatic N) is 1. The van der Waals surface area contributed by atoms with E-state index < -0.39 is 0 Å². The van der Waals surface area contributed by atoms with Gasteiger partial charge in [0.15, 0.2) is 17.3 Å². The van der Waals surface area contributed by atoms with Crippen molar-refractivity contribution in [3.05, 3.63) is 76.0 Å². The highest BCUT2D eigenvalue weighted by Gasteiger charge is 2.34. The van der Waals surface area contributed by atoms with Gasteiger partial charge in [0, 0.05) is 29.8 Å². The third-order valence-electron chi connectivity index (χ3n) is 6.57. The van der Waals surface area contributed by atoms with Gasteiger partial charge in [-0.15, -0.1) is 0 Å². The average Bonchev–Trinajstić information content (AvgIpc) is 3.48. The number of allylic oxidation sites excluding steroid dienone is 1. The van der Waals surface area contributed by atoms with Gasteiger partial charge in [-0.25, -0.2) is 0 Å². The summed E-state index contributed by atoms with van der Waals surface area (Å²) in [5.41, 5.74) is 4.10. The molecule has 184 valence electrons. The molecular formula is C28H25NO7. The Balaban J connectivity index is 1.27. The molecule has 0 saturated heterocycles. The van der Waals surface area contributed by atoms with E-state index in [1.54, 1.807) is 38.5 Å². The Morgan fingerprint density at radius 2 is 1.83 bits per heavy atom. The predicted octanol–water partition coefficient (Wildman–Crippen LogP) is 4.71. The molecule has 0 unspecified atom stereocenters. The van der Waals surface area contributed by atoms with Crippen molar-refractivity contribution < 1.29 is 33.2 Å². The summed E-state index contributed by atoms with van der Waals surface area (Å²) in [7, 11) is 3.18. The maximum Gasteiger partial charge on any atom is 0.231 e. The smallest absolute Gasteiger partial charge is 0.231 e. The van der Waals surface area contributed by atoms with Crippen molar-refractivity contribution in [2.75, 3.05) is 27.7 Å². The summed E-state index contributed by atoms with van der Waals surface area (Å²) in [6.07, 6.45) is 1.69. The van der Waals surface area contributed by atoms with E-state index in [2.05, 4.69) is 4.90 Å². The van der Waals surface area contributed by atoms with Crippen LogP contribution < -0.4 is 28.4 Å². The first-order chi connectivity index (χ1) is 17.5. The van der Waals surface area contributed by atoms with E-state index in [0.29, 0.717) is 48.2 Å². The fourth-order valence-corrected chi connectivity index (χ4v) is 4.79. The molecule has 0 radical (unpaired) electrons. The number of carbonyl (C=O) groups excluding carboxylic acids is 1. The maximum atomic E-state index is 13.3. The first-order valence-electron chi connectivity index (χ1n) is 11.6. The van der Waals surface area contributed by atoms with E-state index in [-0.39, 0.29) is 18.3 Å². The number of fused-ring (bicyclic) bond motifs is 3. The van der Waals surface area contributed by atoms with Crippen LogP contribution in [0.4, 0.5) is 0 Å². The zero-order chi connectivity index (χ0) is 24.8. The Labute approximate surface area is 208 Å². The number of ketones is 1. The molecule has 8 heteroatoms. The minimum Gasteiger partial charge on any atom is -0.497 e. The number of carbonyl (C=O) groups is 1. The summed E-state index contributed by atoms with van der Waals surface area (Å²) in [6.45, 7) is 3.93. The zero-order valence-electron chi connectivity index (χ0n) is 20.3. The summed E-state index contributed by atoms with van der Waals surface area (Å²) in [6, 6.07) is 13.2. The SMILES string of the molecule is COc1ccc(OC)c(/C=C2\Oc3c(cc4c(c3C)OCN(Cc3ccc5c(c3)OCO5)C4)C2=O)c1. The Morgan fingerprint density at radius 1 is 0.972 bits per heavy atom. The van der Waals surface area contributed by atoms with Crippen LogP contribution in [0.15, 0.2) is 48.2 Å². The number of ether oxygens (including phenoxy) is 6. The van der Waals surface area contributed by atoms with Crippen LogP contribution in [0.25, 0.3) is 6.08 Å². The van der Waals surface area contributed by atoms with Crippen LogP contribution in [0, 0.1) is 6.92 Å². The Morgan fingerprint density at radius 3 is 2.67 bits per heavy atom. The quantitative estimate of drug-likeness (QED) is 0.479. The number of rotatable bonds is 5. The van der Waals surface area contributed by atoms with Gasteiger partial charge in [-0.05, 0) is 55.0 Å². The highest BCUT2D eigenvalue weighted by atomic mass is 16.7. The standard InChI is InChI=1S/C28H25NO7/c1-16-27-19(13-29(14-33-27)12-17-4-6-23-24(8-17)35-15-34-23)10-21-26(30)25(36-28(16)21)11-18-9-20(31-2)5-7-22(18)32-3/h4-11H,12-15H2,1-3H3/b25-11-. The summed E-state index contributed by atoms with van der Waals surface area (Å²) < 4.78 is 33.9. The van der Waals surface area contributed by atoms with Crippen LogP contribution in [0.1, 0.15) is 32.6 Å². The average molecular weight is 488 g/mol. The molecule has 6 rings (SSSR count). The molecule has 36 heavy (non-hydrogen) atoms. The molecule has 8 nitrogen and oxygen atoms in total. The van der Waals surface area contributed by atoms with Crippen molar-refractivity contribution in [2.24, 2.45) is 0 Å². The summed E-state index contributed by atoms with van der Waals surface area (Å²) in [5, 5.41) is 0. The van der Waals surface area contributed by atoms with Crippen molar-refractivity contribution in [3.8, 4) is 34.5 Å². The van der Waals surface area contributed by atoms with Crippen LogP contribution in [-0.2, 0) is 13.1 Å². The van der Waals surface area contributed by atoms with Crippen LogP contribution in [-0.4, -0.2) is 38.4 Å². The lowest BCUT2D eigenvalue weighted by Crippen LogP contribution is -2.32. The third-order valence-corrected chi connectivity index (χ3v) is 6.57. The number of hydrogen-bond donors (Lipinski definition) is 0. The Bertz CT molecular complexity index is 1410. The molecule has 0 spiro atoms. The molecule has 3 heterocycles. The Kier molecular flexibility index (Phi) is 5.45. The van der Waals surface area contributed by atoms with E-state index in [4.69, 9.17) is 28.4 Å². The van der Waals surface area contributed by atoms with Crippen LogP contribution in [0.5, 0.6) is 34.5 Å². The number of methoxy groups -OCH3 is 2. The van der Waals surface area contributed by atoms with Crippen molar-refractivity contribution >= 4 is 11.9 Å². The van der Waals surface area contributed by atoms with Crippen molar-refractivity contribution in [2.45, 2.75) is 20.0 Å². The number of Topliss-reactive ketones (excluding diaryl/α,β-unsaturated/α-hetero) is 1. The van der Waals surface area contributed by atoms with Crippen LogP contribution in [0.3, 0.4) is 0 Å². The monoisotopic (exact) mass is 487 g/mol. The zero-order valence-corrected chi connectivity index (χ0v) is 20.3. The largest absolute Gasteiger partial charge is 0.497 e. The van der Waals surface area contributed by atoms with E-state index in [1.165, 1.54) is 0 Å². The van der Waals surface area contributed by atoms with Crippen LogP contribution in [0.2, 0.25) is 0 Å². The van der Waals surface area contributed by atoms with Crippen molar-refractivity contribution in [1.82, 2.24) is 4.90 Å². The molecule has 0 N–H and O–H groups in total. The highest BCUT2D eigenvalue weighted by molar-refractivity contribution is 6.15. The van der Waals surface area contributed by atoms with E-state index in [9.17, 15) is 4.79 Å². The lowest BCUT2D eigenvalue weighted by atomic mass is 9.99. The second-order valence-corrected chi connectivity index (χ2v) is 8.86. The van der Waals surface area contributed by atoms with Crippen LogP contribution >= 0.6 is 0 Å². The molecule has 0 atom stereocenters. The minimum absolute atomic E-state index is 0.173. The molecule has 0 aromatic heterocycles. The fourth-order valence-electron chi connectivity index (χ4n) is 4.79. The molecular weight excluding hydrogens is 462 g/mol. The van der Waals surface area contributed by atoms with Gasteiger partial charge in [0.2, 0.25) is 12.6 Å². The molecule has 0 amide bonds. The maximum absolute atomic E-state index is 13.3. The third kappa shape index (κ3) is 3.79.